The van der Waals surface area contributed by atoms with Crippen molar-refractivity contribution in [1.82, 2.24) is 9.88 Å². The minimum absolute atomic E-state index is 0.0923. The third-order valence-corrected chi connectivity index (χ3v) is 5.54. The Kier molecular flexibility index (Phi) is 5.55. The molecule has 2 heterocycles. The Balaban J connectivity index is 1.96. The number of nitrogens with two attached hydrogens (primary N) is 1. The second-order valence-electron chi connectivity index (χ2n) is 7.64. The van der Waals surface area contributed by atoms with Crippen LogP contribution < -0.4 is 21.4 Å². The average molecular weight is 446 g/mol. The van der Waals surface area contributed by atoms with Gasteiger partial charge in [-0.1, -0.05) is 0 Å². The summed E-state index contributed by atoms with van der Waals surface area (Å²) in [5.41, 5.74) is 4.89. The Hall–Kier alpha value is -3.53. The quantitative estimate of drug-likeness (QED) is 0.462. The number of halogens is 3. The van der Waals surface area contributed by atoms with Crippen molar-refractivity contribution in [3.63, 3.8) is 0 Å². The number of nitrogen functional groups attached to an aromatic ring is 1. The molecule has 0 aliphatic carbocycles. The molecule has 4 rings (SSSR count). The van der Waals surface area contributed by atoms with Crippen LogP contribution in [0, 0.1) is 17.5 Å². The predicted octanol–water partition coefficient (Wildman–Crippen LogP) is 2.46. The zero-order chi connectivity index (χ0) is 23.2. The first-order valence-corrected chi connectivity index (χ1v) is 9.88. The molecule has 10 heteroatoms. The van der Waals surface area contributed by atoms with Crippen molar-refractivity contribution in [2.24, 2.45) is 0 Å². The number of carbonyl (C=O) groups excluding carboxylic acids is 1. The van der Waals surface area contributed by atoms with Crippen molar-refractivity contribution < 1.29 is 22.7 Å². The Bertz CT molecular complexity index is 1290. The van der Waals surface area contributed by atoms with E-state index in [-0.39, 0.29) is 46.2 Å². The first-order chi connectivity index (χ1) is 15.2. The van der Waals surface area contributed by atoms with Crippen LogP contribution in [0.25, 0.3) is 16.6 Å². The number of hydrogen-bond acceptors (Lipinski definition) is 6. The normalized spacial score (nSPS) is 14.0. The molecule has 0 bridgehead atoms. The lowest BCUT2D eigenvalue weighted by atomic mass is 10.0. The van der Waals surface area contributed by atoms with E-state index in [4.69, 9.17) is 10.5 Å². The van der Waals surface area contributed by atoms with Crippen molar-refractivity contribution in [1.29, 1.82) is 0 Å². The smallest absolute Gasteiger partial charge is 0.302 e. The minimum atomic E-state index is -0.923. The van der Waals surface area contributed by atoms with Crippen LogP contribution in [-0.4, -0.2) is 36.7 Å². The number of aromatic nitrogens is 1. The summed E-state index contributed by atoms with van der Waals surface area (Å²) < 4.78 is 51.0. The lowest BCUT2D eigenvalue weighted by Gasteiger charge is -2.41. The second kappa shape index (κ2) is 8.19. The van der Waals surface area contributed by atoms with Gasteiger partial charge in [-0.3, -0.25) is 9.59 Å². The number of ether oxygens (including phenoxy) is 1. The van der Waals surface area contributed by atoms with Gasteiger partial charge >= 0.3 is 5.97 Å². The molecule has 3 aromatic rings. The van der Waals surface area contributed by atoms with Gasteiger partial charge in [-0.15, -0.1) is 0 Å². The summed E-state index contributed by atoms with van der Waals surface area (Å²) in [6.07, 6.45) is 1.30. The van der Waals surface area contributed by atoms with E-state index in [2.05, 4.69) is 5.32 Å². The van der Waals surface area contributed by atoms with Crippen LogP contribution in [-0.2, 0) is 16.1 Å². The van der Waals surface area contributed by atoms with Crippen molar-refractivity contribution in [2.45, 2.75) is 19.6 Å². The van der Waals surface area contributed by atoms with Gasteiger partial charge < -0.3 is 25.3 Å². The number of fused-ring (bicyclic) bond motifs is 1. The molecule has 1 fully saturated rings. The van der Waals surface area contributed by atoms with Crippen molar-refractivity contribution in [2.75, 3.05) is 30.8 Å². The van der Waals surface area contributed by atoms with Gasteiger partial charge in [-0.2, -0.15) is 0 Å². The van der Waals surface area contributed by atoms with Crippen LogP contribution in [0.15, 0.2) is 35.3 Å². The molecule has 1 aromatic heterocycles. The number of rotatable bonds is 5. The van der Waals surface area contributed by atoms with E-state index in [0.29, 0.717) is 13.1 Å². The zero-order valence-corrected chi connectivity index (χ0v) is 17.4. The van der Waals surface area contributed by atoms with E-state index >= 15 is 4.39 Å². The molecule has 168 valence electrons. The third-order valence-electron chi connectivity index (χ3n) is 5.54. The van der Waals surface area contributed by atoms with Crippen LogP contribution >= 0.6 is 0 Å². The van der Waals surface area contributed by atoms with Gasteiger partial charge in [0.2, 0.25) is 0 Å². The number of nitrogens with zero attached hydrogens (tertiary/aromatic N) is 2. The first kappa shape index (κ1) is 21.7. The maximum atomic E-state index is 15.7. The maximum Gasteiger partial charge on any atom is 0.302 e. The summed E-state index contributed by atoms with van der Waals surface area (Å²) in [5.74, 6) is -3.11. The summed E-state index contributed by atoms with van der Waals surface area (Å²) in [4.78, 5) is 25.2. The maximum absolute atomic E-state index is 15.7. The fourth-order valence-corrected chi connectivity index (χ4v) is 3.80. The van der Waals surface area contributed by atoms with Gasteiger partial charge in [0.25, 0.3) is 0 Å². The Morgan fingerprint density at radius 1 is 1.22 bits per heavy atom. The van der Waals surface area contributed by atoms with Crippen molar-refractivity contribution in [3.8, 4) is 5.69 Å². The molecular formula is C22H21F3N4O3. The highest BCUT2D eigenvalue weighted by atomic mass is 19.1. The van der Waals surface area contributed by atoms with Crippen LogP contribution in [0.5, 0.6) is 0 Å². The summed E-state index contributed by atoms with van der Waals surface area (Å²) in [6.45, 7) is 1.69. The van der Waals surface area contributed by atoms with E-state index in [1.165, 1.54) is 28.7 Å². The number of hydrogen-bond donors (Lipinski definition) is 2. The average Bonchev–Trinajstić information content (AvgIpc) is 2.71. The fourth-order valence-electron chi connectivity index (χ4n) is 3.80. The van der Waals surface area contributed by atoms with Gasteiger partial charge in [-0.05, 0) is 25.2 Å². The topological polar surface area (TPSA) is 89.6 Å². The molecule has 0 saturated carbocycles. The van der Waals surface area contributed by atoms with Gasteiger partial charge in [0.1, 0.15) is 23.9 Å². The Labute approximate surface area is 181 Å². The largest absolute Gasteiger partial charge is 0.461 e. The zero-order valence-electron chi connectivity index (χ0n) is 17.4. The summed E-state index contributed by atoms with van der Waals surface area (Å²) in [7, 11) is 1.76. The van der Waals surface area contributed by atoms with Gasteiger partial charge in [0.15, 0.2) is 11.2 Å². The number of carbonyl (C=O) groups is 1. The number of anilines is 2. The van der Waals surface area contributed by atoms with E-state index in [1.54, 1.807) is 7.05 Å². The Morgan fingerprint density at radius 2 is 1.94 bits per heavy atom. The molecule has 0 radical (unpaired) electrons. The standard InChI is InChI=1S/C22H21F3N4O3/c1-11(30)32-10-12-5-15(23)17(26)7-18(12)29-4-3-19(31)14-6-16(24)22(20(25)21(14)29)28-8-13(9-28)27-2/h3-7,13,27H,8-10,26H2,1-2H3. The number of likely N-dealkylation sites (N-methyl/N-ethyl adjacent to an activating group) is 1. The summed E-state index contributed by atoms with van der Waals surface area (Å²) >= 11 is 0. The molecule has 0 amide bonds. The highest BCUT2D eigenvalue weighted by molar-refractivity contribution is 5.86. The van der Waals surface area contributed by atoms with E-state index in [9.17, 15) is 18.4 Å². The Morgan fingerprint density at radius 3 is 2.59 bits per heavy atom. The molecule has 3 N–H and O–H groups in total. The molecule has 1 aliphatic rings. The van der Waals surface area contributed by atoms with Gasteiger partial charge in [-0.25, -0.2) is 13.2 Å². The first-order valence-electron chi connectivity index (χ1n) is 9.88. The number of esters is 1. The second-order valence-corrected chi connectivity index (χ2v) is 7.64. The number of nitrogens with one attached hydrogen (secondary N) is 1. The SMILES string of the molecule is CNC1CN(c2c(F)cc3c(=O)ccn(-c4cc(N)c(F)cc4COC(C)=O)c3c2F)C1. The van der Waals surface area contributed by atoms with Crippen LogP contribution in [0.2, 0.25) is 0 Å². The minimum Gasteiger partial charge on any atom is -0.461 e. The molecule has 2 aromatic carbocycles. The van der Waals surface area contributed by atoms with E-state index in [1.807, 2.05) is 0 Å². The number of benzene rings is 2. The van der Waals surface area contributed by atoms with Crippen LogP contribution in [0.3, 0.4) is 0 Å². The van der Waals surface area contributed by atoms with Crippen molar-refractivity contribution >= 4 is 28.2 Å². The third kappa shape index (κ3) is 3.66. The van der Waals surface area contributed by atoms with Gasteiger partial charge in [0, 0.05) is 43.9 Å². The molecule has 0 spiro atoms. The lowest BCUT2D eigenvalue weighted by Crippen LogP contribution is -2.57. The van der Waals surface area contributed by atoms with Crippen LogP contribution in [0.4, 0.5) is 24.5 Å². The van der Waals surface area contributed by atoms with Crippen molar-refractivity contribution in [3.05, 3.63) is 63.7 Å². The predicted molar refractivity (Wildman–Crippen MR) is 114 cm³/mol. The molecule has 7 nitrogen and oxygen atoms in total. The molecule has 32 heavy (non-hydrogen) atoms. The molecular weight excluding hydrogens is 425 g/mol. The monoisotopic (exact) mass is 446 g/mol. The highest BCUT2D eigenvalue weighted by Gasteiger charge is 2.31. The number of pyridine rings is 1. The summed E-state index contributed by atoms with van der Waals surface area (Å²) in [5, 5.41) is 2.85. The molecule has 1 saturated heterocycles. The van der Waals surface area contributed by atoms with E-state index in [0.717, 1.165) is 18.2 Å². The van der Waals surface area contributed by atoms with E-state index < -0.39 is 28.8 Å². The highest BCUT2D eigenvalue weighted by Crippen LogP contribution is 2.34. The van der Waals surface area contributed by atoms with Crippen LogP contribution in [0.1, 0.15) is 12.5 Å². The molecule has 0 atom stereocenters. The lowest BCUT2D eigenvalue weighted by molar-refractivity contribution is -0.142. The molecule has 0 unspecified atom stereocenters. The summed E-state index contributed by atoms with van der Waals surface area (Å²) in [6, 6.07) is 4.57. The van der Waals surface area contributed by atoms with Gasteiger partial charge in [0.05, 0.1) is 22.3 Å². The fraction of sp³-hybridized carbons (Fsp3) is 0.273. The molecule has 1 aliphatic heterocycles.